The minimum atomic E-state index is -1.54. The lowest BCUT2D eigenvalue weighted by Gasteiger charge is -2.40. The summed E-state index contributed by atoms with van der Waals surface area (Å²) in [5, 5.41) is 55.0. The SMILES string of the molecule is OCC(CO)O[C@@H]1O[C@@H](CO)[C@H](O)[C@@H](O)[C@@H]1O. The van der Waals surface area contributed by atoms with Gasteiger partial charge in [-0.1, -0.05) is 0 Å². The molecule has 0 aromatic rings. The maximum absolute atomic E-state index is 9.56. The summed E-state index contributed by atoms with van der Waals surface area (Å²) in [5.74, 6) is 0. The molecule has 17 heavy (non-hydrogen) atoms. The number of aliphatic hydroxyl groups is 6. The molecule has 0 unspecified atom stereocenters. The number of aliphatic hydroxyl groups excluding tert-OH is 6. The molecule has 1 aliphatic heterocycles. The van der Waals surface area contributed by atoms with Crippen molar-refractivity contribution in [2.75, 3.05) is 19.8 Å². The molecule has 1 fully saturated rings. The minimum Gasteiger partial charge on any atom is -0.394 e. The van der Waals surface area contributed by atoms with E-state index in [2.05, 4.69) is 0 Å². The first-order valence-corrected chi connectivity index (χ1v) is 5.22. The highest BCUT2D eigenvalue weighted by molar-refractivity contribution is 4.89. The van der Waals surface area contributed by atoms with Crippen LogP contribution in [0.4, 0.5) is 0 Å². The van der Waals surface area contributed by atoms with Crippen molar-refractivity contribution in [1.82, 2.24) is 0 Å². The molecule has 0 aliphatic carbocycles. The van der Waals surface area contributed by atoms with E-state index < -0.39 is 56.6 Å². The lowest BCUT2D eigenvalue weighted by molar-refractivity contribution is -0.315. The average molecular weight is 254 g/mol. The van der Waals surface area contributed by atoms with Crippen LogP contribution in [0.25, 0.3) is 0 Å². The van der Waals surface area contributed by atoms with Crippen LogP contribution in [0, 0.1) is 0 Å². The first kappa shape index (κ1) is 14.7. The Morgan fingerprint density at radius 1 is 0.941 bits per heavy atom. The van der Waals surface area contributed by atoms with E-state index in [1.165, 1.54) is 0 Å². The van der Waals surface area contributed by atoms with Gasteiger partial charge in [-0.25, -0.2) is 0 Å². The standard InChI is InChI=1S/C9H18O8/c10-1-4(2-11)16-9-8(15)7(14)6(13)5(3-12)17-9/h4-15H,1-3H2/t5-,6-,7+,8-,9+/m0/s1. The van der Waals surface area contributed by atoms with Crippen LogP contribution in [0.3, 0.4) is 0 Å². The zero-order valence-corrected chi connectivity index (χ0v) is 9.09. The molecule has 5 atom stereocenters. The Labute approximate surface area is 97.6 Å². The van der Waals surface area contributed by atoms with E-state index in [9.17, 15) is 15.3 Å². The smallest absolute Gasteiger partial charge is 0.187 e. The Morgan fingerprint density at radius 3 is 2.00 bits per heavy atom. The highest BCUT2D eigenvalue weighted by Gasteiger charge is 2.44. The second-order valence-corrected chi connectivity index (χ2v) is 3.82. The molecule has 0 bridgehead atoms. The van der Waals surface area contributed by atoms with Crippen LogP contribution in [0.1, 0.15) is 0 Å². The molecule has 102 valence electrons. The van der Waals surface area contributed by atoms with E-state index in [1.54, 1.807) is 0 Å². The van der Waals surface area contributed by atoms with Crippen molar-refractivity contribution in [2.24, 2.45) is 0 Å². The summed E-state index contributed by atoms with van der Waals surface area (Å²) >= 11 is 0. The monoisotopic (exact) mass is 254 g/mol. The fourth-order valence-electron chi connectivity index (χ4n) is 1.51. The molecule has 0 aromatic heterocycles. The predicted octanol–water partition coefficient (Wildman–Crippen LogP) is -3.84. The van der Waals surface area contributed by atoms with E-state index in [-0.39, 0.29) is 0 Å². The fourth-order valence-corrected chi connectivity index (χ4v) is 1.51. The van der Waals surface area contributed by atoms with Gasteiger partial charge in [0.15, 0.2) is 6.29 Å². The van der Waals surface area contributed by atoms with Crippen LogP contribution in [0.15, 0.2) is 0 Å². The van der Waals surface area contributed by atoms with Gasteiger partial charge in [0.05, 0.1) is 19.8 Å². The fraction of sp³-hybridized carbons (Fsp3) is 1.00. The first-order valence-electron chi connectivity index (χ1n) is 5.22. The zero-order chi connectivity index (χ0) is 13.0. The summed E-state index contributed by atoms with van der Waals surface area (Å²) in [6.45, 7) is -1.55. The predicted molar refractivity (Wildman–Crippen MR) is 52.8 cm³/mol. The Morgan fingerprint density at radius 2 is 1.53 bits per heavy atom. The van der Waals surface area contributed by atoms with Gasteiger partial charge < -0.3 is 40.1 Å². The molecule has 1 heterocycles. The van der Waals surface area contributed by atoms with Crippen molar-refractivity contribution in [2.45, 2.75) is 36.8 Å². The van der Waals surface area contributed by atoms with E-state index in [4.69, 9.17) is 24.8 Å². The Kier molecular flexibility index (Phi) is 5.70. The topological polar surface area (TPSA) is 140 Å². The summed E-state index contributed by atoms with van der Waals surface area (Å²) < 4.78 is 10.0. The number of hydrogen-bond donors (Lipinski definition) is 6. The number of rotatable bonds is 5. The summed E-state index contributed by atoms with van der Waals surface area (Å²) in [6, 6.07) is 0. The maximum atomic E-state index is 9.56. The van der Waals surface area contributed by atoms with Gasteiger partial charge in [0.25, 0.3) is 0 Å². The Balaban J connectivity index is 2.65. The van der Waals surface area contributed by atoms with Crippen LogP contribution >= 0.6 is 0 Å². The van der Waals surface area contributed by atoms with Crippen LogP contribution in [0.2, 0.25) is 0 Å². The van der Waals surface area contributed by atoms with E-state index >= 15 is 0 Å². The Bertz CT molecular complexity index is 217. The molecule has 0 saturated carbocycles. The van der Waals surface area contributed by atoms with Crippen LogP contribution < -0.4 is 0 Å². The molecule has 0 spiro atoms. The summed E-state index contributed by atoms with van der Waals surface area (Å²) in [7, 11) is 0. The molecule has 8 heteroatoms. The second-order valence-electron chi connectivity index (χ2n) is 3.82. The quantitative estimate of drug-likeness (QED) is 0.293. The van der Waals surface area contributed by atoms with Crippen molar-refractivity contribution in [3.8, 4) is 0 Å². The molecular weight excluding hydrogens is 236 g/mol. The molecule has 1 rings (SSSR count). The van der Waals surface area contributed by atoms with Crippen molar-refractivity contribution < 1.29 is 40.1 Å². The summed E-state index contributed by atoms with van der Waals surface area (Å²) in [4.78, 5) is 0. The minimum absolute atomic E-state index is 0.495. The maximum Gasteiger partial charge on any atom is 0.187 e. The van der Waals surface area contributed by atoms with Gasteiger partial charge in [0.1, 0.15) is 30.5 Å². The number of ether oxygens (including phenoxy) is 2. The van der Waals surface area contributed by atoms with Crippen LogP contribution in [-0.4, -0.2) is 87.3 Å². The van der Waals surface area contributed by atoms with Gasteiger partial charge in [-0.3, -0.25) is 0 Å². The highest BCUT2D eigenvalue weighted by atomic mass is 16.7. The molecule has 1 aliphatic rings. The molecule has 6 N–H and O–H groups in total. The van der Waals surface area contributed by atoms with Crippen LogP contribution in [0.5, 0.6) is 0 Å². The van der Waals surface area contributed by atoms with E-state index in [1.807, 2.05) is 0 Å². The van der Waals surface area contributed by atoms with Crippen molar-refractivity contribution >= 4 is 0 Å². The van der Waals surface area contributed by atoms with Gasteiger partial charge in [0.2, 0.25) is 0 Å². The van der Waals surface area contributed by atoms with E-state index in [0.717, 1.165) is 0 Å². The third-order valence-corrected chi connectivity index (χ3v) is 2.58. The molecule has 8 nitrogen and oxygen atoms in total. The molecular formula is C9H18O8. The van der Waals surface area contributed by atoms with Gasteiger partial charge in [-0.2, -0.15) is 0 Å². The third-order valence-electron chi connectivity index (χ3n) is 2.58. The van der Waals surface area contributed by atoms with E-state index in [0.29, 0.717) is 0 Å². The molecule has 1 saturated heterocycles. The zero-order valence-electron chi connectivity index (χ0n) is 9.09. The summed E-state index contributed by atoms with van der Waals surface area (Å²) in [5.41, 5.74) is 0. The molecule has 0 radical (unpaired) electrons. The van der Waals surface area contributed by atoms with Crippen molar-refractivity contribution in [3.05, 3.63) is 0 Å². The molecule has 0 aromatic carbocycles. The van der Waals surface area contributed by atoms with Gasteiger partial charge in [0, 0.05) is 0 Å². The highest BCUT2D eigenvalue weighted by Crippen LogP contribution is 2.22. The Hall–Kier alpha value is -0.320. The third kappa shape index (κ3) is 3.33. The normalized spacial score (nSPS) is 38.6. The lowest BCUT2D eigenvalue weighted by atomic mass is 9.99. The van der Waals surface area contributed by atoms with Crippen molar-refractivity contribution in [3.63, 3.8) is 0 Å². The van der Waals surface area contributed by atoms with Crippen LogP contribution in [-0.2, 0) is 9.47 Å². The largest absolute Gasteiger partial charge is 0.394 e. The first-order chi connectivity index (χ1) is 8.04. The van der Waals surface area contributed by atoms with Gasteiger partial charge in [-0.05, 0) is 0 Å². The lowest BCUT2D eigenvalue weighted by Crippen LogP contribution is -2.60. The molecule has 0 amide bonds. The summed E-state index contributed by atoms with van der Waals surface area (Å²) in [6.07, 6.45) is -7.92. The second kappa shape index (κ2) is 6.57. The average Bonchev–Trinajstić information content (AvgIpc) is 2.35. The number of hydrogen-bond acceptors (Lipinski definition) is 8. The van der Waals surface area contributed by atoms with Crippen molar-refractivity contribution in [1.29, 1.82) is 0 Å². The van der Waals surface area contributed by atoms with Gasteiger partial charge in [-0.15, -0.1) is 0 Å². The van der Waals surface area contributed by atoms with Gasteiger partial charge >= 0.3 is 0 Å².